The molecule has 2 aliphatic rings. The Bertz CT molecular complexity index is 996. The van der Waals surface area contributed by atoms with Crippen molar-refractivity contribution in [3.63, 3.8) is 0 Å². The molecular weight excluding hydrogens is 392 g/mol. The lowest BCUT2D eigenvalue weighted by Crippen LogP contribution is -2.59. The van der Waals surface area contributed by atoms with Gasteiger partial charge in [0.2, 0.25) is 5.91 Å². The molecule has 0 saturated heterocycles. The number of para-hydroxylation sites is 2. The maximum absolute atomic E-state index is 13.0. The van der Waals surface area contributed by atoms with Crippen molar-refractivity contribution in [3.05, 3.63) is 59.1 Å². The number of nitrogens with one attached hydrogen (secondary N) is 1. The molecule has 1 N–H and O–H groups in total. The molecule has 1 heterocycles. The van der Waals surface area contributed by atoms with Crippen molar-refractivity contribution in [3.8, 4) is 0 Å². The first-order chi connectivity index (χ1) is 13.8. The van der Waals surface area contributed by atoms with E-state index in [9.17, 15) is 14.4 Å². The number of benzene rings is 2. The lowest BCUT2D eigenvalue weighted by atomic mass is 9.96. The van der Waals surface area contributed by atoms with Crippen LogP contribution in [0, 0.1) is 0 Å². The number of carbonyl (C=O) groups excluding carboxylic acids is 3. The minimum Gasteiger partial charge on any atom is -0.455 e. The average molecular weight is 413 g/mol. The molecule has 0 atom stereocenters. The van der Waals surface area contributed by atoms with Gasteiger partial charge in [0.05, 0.1) is 16.8 Å². The molecule has 0 bridgehead atoms. The Hall–Kier alpha value is -2.86. The van der Waals surface area contributed by atoms with Gasteiger partial charge in [0.25, 0.3) is 5.91 Å². The maximum atomic E-state index is 13.0. The SMILES string of the molecule is CC1(C)C(=O)Nc2ccccc2N1C(=O)COC(=O)C1(c2ccc(Cl)cc2)CC1. The highest BCUT2D eigenvalue weighted by molar-refractivity contribution is 6.30. The quantitative estimate of drug-likeness (QED) is 0.777. The summed E-state index contributed by atoms with van der Waals surface area (Å²) in [6.45, 7) is 2.89. The maximum Gasteiger partial charge on any atom is 0.317 e. The van der Waals surface area contributed by atoms with Gasteiger partial charge >= 0.3 is 5.97 Å². The molecule has 0 aromatic heterocycles. The highest BCUT2D eigenvalue weighted by Crippen LogP contribution is 2.49. The predicted octanol–water partition coefficient (Wildman–Crippen LogP) is 3.68. The van der Waals surface area contributed by atoms with Gasteiger partial charge in [0.15, 0.2) is 6.61 Å². The molecule has 150 valence electrons. The fourth-order valence-corrected chi connectivity index (χ4v) is 3.86. The molecule has 7 heteroatoms. The number of hydrogen-bond acceptors (Lipinski definition) is 4. The summed E-state index contributed by atoms with van der Waals surface area (Å²) in [6.07, 6.45) is 1.34. The molecular formula is C22H21ClN2O4. The molecule has 6 nitrogen and oxygen atoms in total. The molecule has 1 fully saturated rings. The van der Waals surface area contributed by atoms with Crippen molar-refractivity contribution in [2.45, 2.75) is 37.6 Å². The minimum absolute atomic E-state index is 0.296. The van der Waals surface area contributed by atoms with Gasteiger partial charge in [0.1, 0.15) is 5.54 Å². The minimum atomic E-state index is -1.11. The Morgan fingerprint density at radius 3 is 2.41 bits per heavy atom. The third kappa shape index (κ3) is 3.27. The Morgan fingerprint density at radius 2 is 1.76 bits per heavy atom. The van der Waals surface area contributed by atoms with E-state index in [0.717, 1.165) is 5.56 Å². The van der Waals surface area contributed by atoms with E-state index in [0.29, 0.717) is 29.2 Å². The van der Waals surface area contributed by atoms with Crippen LogP contribution in [0.25, 0.3) is 0 Å². The van der Waals surface area contributed by atoms with E-state index in [-0.39, 0.29) is 5.91 Å². The summed E-state index contributed by atoms with van der Waals surface area (Å²) in [5.41, 5.74) is 0.152. The smallest absolute Gasteiger partial charge is 0.317 e. The number of carbonyl (C=O) groups is 3. The number of esters is 1. The summed E-state index contributed by atoms with van der Waals surface area (Å²) in [5, 5.41) is 3.40. The molecule has 0 radical (unpaired) electrons. The van der Waals surface area contributed by atoms with Gasteiger partial charge in [-0.05, 0) is 56.5 Å². The zero-order valence-corrected chi connectivity index (χ0v) is 17.0. The predicted molar refractivity (Wildman–Crippen MR) is 110 cm³/mol. The van der Waals surface area contributed by atoms with Crippen LogP contribution in [-0.4, -0.2) is 29.9 Å². The van der Waals surface area contributed by atoms with E-state index in [1.54, 1.807) is 50.2 Å². The highest BCUT2D eigenvalue weighted by atomic mass is 35.5. The van der Waals surface area contributed by atoms with Crippen molar-refractivity contribution in [2.24, 2.45) is 0 Å². The monoisotopic (exact) mass is 412 g/mol. The number of fused-ring (bicyclic) bond motifs is 1. The number of nitrogens with zero attached hydrogens (tertiary/aromatic N) is 1. The number of halogens is 1. The van der Waals surface area contributed by atoms with Crippen LogP contribution in [-0.2, 0) is 24.5 Å². The number of hydrogen-bond donors (Lipinski definition) is 1. The summed E-state index contributed by atoms with van der Waals surface area (Å²) < 4.78 is 5.42. The molecule has 1 saturated carbocycles. The molecule has 2 aromatic carbocycles. The fourth-order valence-electron chi connectivity index (χ4n) is 3.73. The molecule has 29 heavy (non-hydrogen) atoms. The lowest BCUT2D eigenvalue weighted by molar-refractivity contribution is -0.150. The van der Waals surface area contributed by atoms with Crippen LogP contribution >= 0.6 is 11.6 Å². The van der Waals surface area contributed by atoms with E-state index in [1.807, 2.05) is 12.1 Å². The second kappa shape index (κ2) is 6.88. The van der Waals surface area contributed by atoms with Gasteiger partial charge in [0, 0.05) is 5.02 Å². The van der Waals surface area contributed by atoms with Gasteiger partial charge in [-0.1, -0.05) is 35.9 Å². The third-order valence-electron chi connectivity index (χ3n) is 5.62. The van der Waals surface area contributed by atoms with Crippen LogP contribution in [0.15, 0.2) is 48.5 Å². The van der Waals surface area contributed by atoms with Crippen LogP contribution in [0.2, 0.25) is 5.02 Å². The Labute approximate surface area is 173 Å². The van der Waals surface area contributed by atoms with Crippen LogP contribution in [0.3, 0.4) is 0 Å². The van der Waals surface area contributed by atoms with Crippen molar-refractivity contribution in [2.75, 3.05) is 16.8 Å². The van der Waals surface area contributed by atoms with E-state index in [1.165, 1.54) is 4.90 Å². The van der Waals surface area contributed by atoms with Crippen molar-refractivity contribution in [1.82, 2.24) is 0 Å². The number of ether oxygens (including phenoxy) is 1. The van der Waals surface area contributed by atoms with Crippen molar-refractivity contribution < 1.29 is 19.1 Å². The van der Waals surface area contributed by atoms with Crippen LogP contribution < -0.4 is 10.2 Å². The zero-order chi connectivity index (χ0) is 20.8. The van der Waals surface area contributed by atoms with E-state index in [4.69, 9.17) is 16.3 Å². The third-order valence-corrected chi connectivity index (χ3v) is 5.87. The second-order valence-corrected chi connectivity index (χ2v) is 8.36. The van der Waals surface area contributed by atoms with Gasteiger partial charge in [-0.25, -0.2) is 0 Å². The summed E-state index contributed by atoms with van der Waals surface area (Å²) in [6, 6.07) is 14.2. The lowest BCUT2D eigenvalue weighted by Gasteiger charge is -2.41. The first-order valence-corrected chi connectivity index (χ1v) is 9.80. The van der Waals surface area contributed by atoms with Gasteiger partial charge in [-0.3, -0.25) is 19.3 Å². The first-order valence-electron chi connectivity index (χ1n) is 9.42. The molecule has 1 aliphatic carbocycles. The fraction of sp³-hybridized carbons (Fsp3) is 0.318. The highest BCUT2D eigenvalue weighted by Gasteiger charge is 2.53. The number of amides is 2. The Kier molecular flexibility index (Phi) is 4.62. The average Bonchev–Trinajstić information content (AvgIpc) is 3.49. The Balaban J connectivity index is 1.52. The van der Waals surface area contributed by atoms with E-state index in [2.05, 4.69) is 5.32 Å². The molecule has 0 spiro atoms. The van der Waals surface area contributed by atoms with E-state index >= 15 is 0 Å². The van der Waals surface area contributed by atoms with Gasteiger partial charge in [-0.15, -0.1) is 0 Å². The van der Waals surface area contributed by atoms with Crippen molar-refractivity contribution in [1.29, 1.82) is 0 Å². The summed E-state index contributed by atoms with van der Waals surface area (Å²) in [4.78, 5) is 39.7. The largest absolute Gasteiger partial charge is 0.455 e. The number of anilines is 2. The van der Waals surface area contributed by atoms with Crippen LogP contribution in [0.4, 0.5) is 11.4 Å². The van der Waals surface area contributed by atoms with E-state index < -0.39 is 29.4 Å². The van der Waals surface area contributed by atoms with Gasteiger partial charge in [-0.2, -0.15) is 0 Å². The summed E-state index contributed by atoms with van der Waals surface area (Å²) in [7, 11) is 0. The molecule has 2 amide bonds. The second-order valence-electron chi connectivity index (χ2n) is 7.92. The summed E-state index contributed by atoms with van der Waals surface area (Å²) >= 11 is 5.93. The summed E-state index contributed by atoms with van der Waals surface area (Å²) in [5.74, 6) is -1.17. The molecule has 4 rings (SSSR count). The van der Waals surface area contributed by atoms with Gasteiger partial charge < -0.3 is 10.1 Å². The van der Waals surface area contributed by atoms with Crippen molar-refractivity contribution >= 4 is 40.8 Å². The first kappa shape index (κ1) is 19.5. The van der Waals surface area contributed by atoms with Crippen LogP contribution in [0.5, 0.6) is 0 Å². The van der Waals surface area contributed by atoms with Crippen LogP contribution in [0.1, 0.15) is 32.3 Å². The molecule has 1 aliphatic heterocycles. The zero-order valence-electron chi connectivity index (χ0n) is 16.2. The number of rotatable bonds is 4. The Morgan fingerprint density at radius 1 is 1.10 bits per heavy atom. The molecule has 0 unspecified atom stereocenters. The standard InChI is InChI=1S/C22H21ClN2O4/c1-21(2)19(27)24-16-5-3-4-6-17(16)25(21)18(26)13-29-20(28)22(11-12-22)14-7-9-15(23)10-8-14/h3-10H,11-13H2,1-2H3,(H,24,27). The normalized spacial score (nSPS) is 18.4. The molecule has 2 aromatic rings. The topological polar surface area (TPSA) is 75.7 Å².